The predicted molar refractivity (Wildman–Crippen MR) is 174 cm³/mol. The number of carbonyl (C=O) groups excluding carboxylic acids is 1. The van der Waals surface area contributed by atoms with E-state index in [0.717, 1.165) is 36.1 Å². The molecule has 0 spiro atoms. The van der Waals surface area contributed by atoms with Gasteiger partial charge in [-0.1, -0.05) is 81.3 Å². The van der Waals surface area contributed by atoms with Crippen LogP contribution in [0.2, 0.25) is 0 Å². The maximum absolute atomic E-state index is 12.8. The van der Waals surface area contributed by atoms with Gasteiger partial charge in [-0.2, -0.15) is 0 Å². The van der Waals surface area contributed by atoms with Crippen molar-refractivity contribution in [2.75, 3.05) is 28.4 Å². The minimum Gasteiger partial charge on any atom is -0.497 e. The minimum atomic E-state index is -1.26. The number of aliphatic hydroxyl groups excluding tert-OH is 1. The van der Waals surface area contributed by atoms with Gasteiger partial charge in [0.05, 0.1) is 32.0 Å². The van der Waals surface area contributed by atoms with Crippen molar-refractivity contribution in [3.05, 3.63) is 77.9 Å². The molecule has 2 aromatic rings. The second-order valence-corrected chi connectivity index (χ2v) is 12.5. The van der Waals surface area contributed by atoms with Crippen LogP contribution in [0.3, 0.4) is 0 Å². The number of hydrogen-bond acceptors (Lipinski definition) is 9. The normalized spacial score (nSPS) is 28.8. The Balaban J connectivity index is 1.42. The number of benzene rings is 2. The molecule has 2 heterocycles. The lowest BCUT2D eigenvalue weighted by Gasteiger charge is -2.49. The van der Waals surface area contributed by atoms with Gasteiger partial charge < -0.3 is 38.3 Å². The first-order valence-corrected chi connectivity index (χ1v) is 16.3. The highest BCUT2D eigenvalue weighted by atomic mass is 16.7. The van der Waals surface area contributed by atoms with Crippen LogP contribution in [0.1, 0.15) is 63.7 Å². The van der Waals surface area contributed by atoms with Crippen LogP contribution in [-0.2, 0) is 39.8 Å². The van der Waals surface area contributed by atoms with Crippen LogP contribution in [0.5, 0.6) is 5.75 Å². The van der Waals surface area contributed by atoms with Crippen molar-refractivity contribution >= 4 is 5.97 Å². The largest absolute Gasteiger partial charge is 0.497 e. The molecule has 0 bridgehead atoms. The van der Waals surface area contributed by atoms with Crippen LogP contribution in [0, 0.1) is 17.8 Å². The lowest BCUT2D eigenvalue weighted by atomic mass is 9.79. The first kappa shape index (κ1) is 36.1. The van der Waals surface area contributed by atoms with E-state index < -0.39 is 30.0 Å². The van der Waals surface area contributed by atoms with Crippen LogP contribution in [0.15, 0.2) is 66.7 Å². The van der Waals surface area contributed by atoms with Crippen molar-refractivity contribution < 1.29 is 43.1 Å². The Morgan fingerprint density at radius 3 is 2.26 bits per heavy atom. The predicted octanol–water partition coefficient (Wildman–Crippen LogP) is 6.04. The second kappa shape index (κ2) is 16.9. The van der Waals surface area contributed by atoms with E-state index in [1.54, 1.807) is 35.4 Å². The Hall–Kier alpha value is -2.79. The molecule has 2 aromatic carbocycles. The van der Waals surface area contributed by atoms with Gasteiger partial charge in [-0.05, 0) is 43.0 Å². The molecule has 254 valence electrons. The molecule has 0 aliphatic carbocycles. The highest BCUT2D eigenvalue weighted by molar-refractivity contribution is 5.76. The molecule has 1 N–H and O–H groups in total. The molecule has 0 amide bonds. The zero-order valence-electron chi connectivity index (χ0n) is 28.3. The molecule has 10 atom stereocenters. The third kappa shape index (κ3) is 8.19. The summed E-state index contributed by atoms with van der Waals surface area (Å²) in [7, 11) is 6.57. The molecule has 0 unspecified atom stereocenters. The summed E-state index contributed by atoms with van der Waals surface area (Å²) >= 11 is 0. The third-order valence-electron chi connectivity index (χ3n) is 9.64. The number of methoxy groups -OCH3 is 4. The van der Waals surface area contributed by atoms with Crippen molar-refractivity contribution in [1.82, 2.24) is 0 Å². The molecule has 0 radical (unpaired) electrons. The Morgan fingerprint density at radius 1 is 0.935 bits per heavy atom. The fourth-order valence-electron chi connectivity index (χ4n) is 6.74. The van der Waals surface area contributed by atoms with Crippen LogP contribution in [-0.4, -0.2) is 75.8 Å². The first-order valence-electron chi connectivity index (χ1n) is 16.3. The Labute approximate surface area is 274 Å². The number of unbranched alkanes of at least 4 members (excludes halogenated alkanes) is 1. The van der Waals surface area contributed by atoms with E-state index in [1.807, 2.05) is 60.7 Å². The van der Waals surface area contributed by atoms with Gasteiger partial charge in [-0.25, -0.2) is 0 Å². The summed E-state index contributed by atoms with van der Waals surface area (Å²) in [4.78, 5) is 12.8. The topological polar surface area (TPSA) is 102 Å². The van der Waals surface area contributed by atoms with Crippen molar-refractivity contribution in [2.24, 2.45) is 17.8 Å². The summed E-state index contributed by atoms with van der Waals surface area (Å²) in [5.41, 5.74) is 1.92. The van der Waals surface area contributed by atoms with Crippen molar-refractivity contribution in [3.63, 3.8) is 0 Å². The molecule has 2 aliphatic heterocycles. The molecule has 0 aromatic heterocycles. The molecule has 2 aliphatic rings. The molecule has 4 rings (SSSR count). The Morgan fingerprint density at radius 2 is 1.63 bits per heavy atom. The van der Waals surface area contributed by atoms with Crippen molar-refractivity contribution in [1.29, 1.82) is 0 Å². The molecule has 2 saturated heterocycles. The SMILES string of the molecule is COc1ccc(CO[C@H]2[C@H](C)[C@H]([C@@H](C)/C=C/[C@@H](OC)[C@H](CCCC[C@H](O)c3ccccc3)OC)O[C@@]3(OC)[C@@H]2OC(=O)[C@@H]3C)cc1. The second-order valence-electron chi connectivity index (χ2n) is 12.5. The average molecular weight is 641 g/mol. The fraction of sp³-hybridized carbons (Fsp3) is 0.595. The molecule has 2 fully saturated rings. The Kier molecular flexibility index (Phi) is 13.2. The third-order valence-corrected chi connectivity index (χ3v) is 9.64. The lowest BCUT2D eigenvalue weighted by molar-refractivity contribution is -0.345. The highest BCUT2D eigenvalue weighted by Crippen LogP contribution is 2.48. The smallest absolute Gasteiger partial charge is 0.314 e. The lowest BCUT2D eigenvalue weighted by Crippen LogP contribution is -2.63. The molecule has 9 nitrogen and oxygen atoms in total. The average Bonchev–Trinajstić information content (AvgIpc) is 3.34. The van der Waals surface area contributed by atoms with E-state index in [1.165, 1.54) is 0 Å². The van der Waals surface area contributed by atoms with Gasteiger partial charge in [-0.3, -0.25) is 4.79 Å². The summed E-state index contributed by atoms with van der Waals surface area (Å²) in [6, 6.07) is 17.5. The van der Waals surface area contributed by atoms with Gasteiger partial charge in [0.1, 0.15) is 23.9 Å². The number of esters is 1. The van der Waals surface area contributed by atoms with E-state index >= 15 is 0 Å². The quantitative estimate of drug-likeness (QED) is 0.126. The summed E-state index contributed by atoms with van der Waals surface area (Å²) in [5.74, 6) is -1.67. The summed E-state index contributed by atoms with van der Waals surface area (Å²) in [5, 5.41) is 10.5. The van der Waals surface area contributed by atoms with Gasteiger partial charge in [0.25, 0.3) is 0 Å². The van der Waals surface area contributed by atoms with Crippen molar-refractivity contribution in [2.45, 2.75) is 95.5 Å². The van der Waals surface area contributed by atoms with E-state index in [0.29, 0.717) is 13.0 Å². The van der Waals surface area contributed by atoms with Gasteiger partial charge in [0.2, 0.25) is 5.79 Å². The van der Waals surface area contributed by atoms with Crippen molar-refractivity contribution in [3.8, 4) is 5.75 Å². The van der Waals surface area contributed by atoms with Crippen LogP contribution in [0.25, 0.3) is 0 Å². The van der Waals surface area contributed by atoms with E-state index in [-0.39, 0.29) is 36.1 Å². The van der Waals surface area contributed by atoms with Gasteiger partial charge >= 0.3 is 5.97 Å². The van der Waals surface area contributed by atoms with Crippen LogP contribution in [0.4, 0.5) is 0 Å². The number of rotatable bonds is 17. The molecular weight excluding hydrogens is 588 g/mol. The summed E-state index contributed by atoms with van der Waals surface area (Å²) in [6.07, 6.45) is 4.99. The zero-order valence-corrected chi connectivity index (χ0v) is 28.3. The number of carbonyl (C=O) groups is 1. The summed E-state index contributed by atoms with van der Waals surface area (Å²) in [6.45, 7) is 6.27. The molecule has 9 heteroatoms. The van der Waals surface area contributed by atoms with Crippen LogP contribution < -0.4 is 4.74 Å². The van der Waals surface area contributed by atoms with E-state index in [4.69, 9.17) is 33.2 Å². The first-order chi connectivity index (χ1) is 22.2. The maximum atomic E-state index is 12.8. The summed E-state index contributed by atoms with van der Waals surface area (Å²) < 4.78 is 42.0. The van der Waals surface area contributed by atoms with Gasteiger partial charge in [0, 0.05) is 33.2 Å². The fourth-order valence-corrected chi connectivity index (χ4v) is 6.74. The highest BCUT2D eigenvalue weighted by Gasteiger charge is 2.66. The standard InChI is InChI=1S/C37H52O9/c1-24(17-22-32(42-6)31(41-5)16-12-11-15-30(38)28-13-9-8-10-14-28)33-25(2)34(44-23-27-18-20-29(40-4)21-19-27)35-37(43-7,46-33)26(3)36(39)45-35/h8-10,13-14,17-22,24-26,30-35,38H,11-12,15-16,23H2,1-7H3/b22-17+/t24-,25+,26-,30-,31-,32+,33-,34-,35+,37+/m0/s1. The number of hydrogen-bond donors (Lipinski definition) is 1. The van der Waals surface area contributed by atoms with Crippen LogP contribution >= 0.6 is 0 Å². The van der Waals surface area contributed by atoms with Gasteiger partial charge in [-0.15, -0.1) is 0 Å². The van der Waals surface area contributed by atoms with E-state index in [9.17, 15) is 9.90 Å². The Bertz CT molecular complexity index is 1240. The number of fused-ring (bicyclic) bond motifs is 1. The molecule has 0 saturated carbocycles. The van der Waals surface area contributed by atoms with E-state index in [2.05, 4.69) is 19.9 Å². The molecule has 46 heavy (non-hydrogen) atoms. The molecular formula is C37H52O9. The minimum absolute atomic E-state index is 0.0749. The number of aliphatic hydroxyl groups is 1. The van der Waals surface area contributed by atoms with Gasteiger partial charge in [0.15, 0.2) is 6.10 Å². The zero-order chi connectivity index (χ0) is 33.3. The maximum Gasteiger partial charge on any atom is 0.314 e. The number of ether oxygens (including phenoxy) is 7. The monoisotopic (exact) mass is 640 g/mol.